The van der Waals surface area contributed by atoms with Gasteiger partial charge >= 0.3 is 0 Å². The van der Waals surface area contributed by atoms with E-state index in [1.807, 2.05) is 19.4 Å². The summed E-state index contributed by atoms with van der Waals surface area (Å²) in [6.07, 6.45) is 4.04. The van der Waals surface area contributed by atoms with Crippen LogP contribution >= 0.6 is 0 Å². The molecule has 0 bridgehead atoms. The van der Waals surface area contributed by atoms with Gasteiger partial charge in [0.05, 0.1) is 12.3 Å². The Labute approximate surface area is 118 Å². The van der Waals surface area contributed by atoms with Gasteiger partial charge < -0.3 is 10.4 Å². The van der Waals surface area contributed by atoms with E-state index in [9.17, 15) is 9.50 Å². The van der Waals surface area contributed by atoms with Crippen LogP contribution < -0.4 is 5.32 Å². The Morgan fingerprint density at radius 3 is 2.55 bits per heavy atom. The zero-order valence-corrected chi connectivity index (χ0v) is 11.8. The summed E-state index contributed by atoms with van der Waals surface area (Å²) in [5, 5.41) is 17.6. The van der Waals surface area contributed by atoms with Crippen molar-refractivity contribution in [2.45, 2.75) is 25.5 Å². The van der Waals surface area contributed by atoms with Crippen molar-refractivity contribution < 1.29 is 9.50 Å². The Kier molecular flexibility index (Phi) is 4.87. The van der Waals surface area contributed by atoms with Crippen LogP contribution in [-0.4, -0.2) is 21.4 Å². The summed E-state index contributed by atoms with van der Waals surface area (Å²) in [5.74, 6) is -0.296. The third kappa shape index (κ3) is 3.65. The number of benzene rings is 1. The molecular formula is C15H20FN3O. The standard InChI is InChI=1S/C15H20FN3O/c1-3-14(12-8-18-19(2)10-12)17-9-15(20)11-4-6-13(16)7-5-11/h4-8,10,14-15,17,20H,3,9H2,1-2H3. The number of aliphatic hydroxyl groups is 1. The van der Waals surface area contributed by atoms with E-state index in [0.29, 0.717) is 12.1 Å². The zero-order valence-electron chi connectivity index (χ0n) is 11.8. The maximum atomic E-state index is 12.8. The molecule has 0 spiro atoms. The Balaban J connectivity index is 1.94. The van der Waals surface area contributed by atoms with Crippen LogP contribution in [0.4, 0.5) is 4.39 Å². The Morgan fingerprint density at radius 2 is 2.00 bits per heavy atom. The molecule has 1 aromatic carbocycles. The number of rotatable bonds is 6. The summed E-state index contributed by atoms with van der Waals surface area (Å²) < 4.78 is 14.6. The normalized spacial score (nSPS) is 14.2. The molecule has 20 heavy (non-hydrogen) atoms. The number of aromatic nitrogens is 2. The van der Waals surface area contributed by atoms with Crippen LogP contribution in [-0.2, 0) is 7.05 Å². The first-order chi connectivity index (χ1) is 9.60. The molecule has 0 fully saturated rings. The molecule has 2 N–H and O–H groups in total. The van der Waals surface area contributed by atoms with Gasteiger partial charge in [-0.1, -0.05) is 19.1 Å². The minimum absolute atomic E-state index is 0.152. The van der Waals surface area contributed by atoms with E-state index in [0.717, 1.165) is 12.0 Å². The van der Waals surface area contributed by atoms with Gasteiger partial charge in [0.25, 0.3) is 0 Å². The Morgan fingerprint density at radius 1 is 1.30 bits per heavy atom. The van der Waals surface area contributed by atoms with Gasteiger partial charge in [0, 0.05) is 31.4 Å². The maximum Gasteiger partial charge on any atom is 0.123 e. The topological polar surface area (TPSA) is 50.1 Å². The molecule has 0 aliphatic heterocycles. The number of hydrogen-bond acceptors (Lipinski definition) is 3. The highest BCUT2D eigenvalue weighted by molar-refractivity contribution is 5.19. The average molecular weight is 277 g/mol. The van der Waals surface area contributed by atoms with Crippen LogP contribution in [0.2, 0.25) is 0 Å². The number of nitrogens with zero attached hydrogens (tertiary/aromatic N) is 2. The largest absolute Gasteiger partial charge is 0.387 e. The van der Waals surface area contributed by atoms with Crippen LogP contribution in [0.1, 0.15) is 36.6 Å². The molecule has 0 saturated heterocycles. The highest BCUT2D eigenvalue weighted by Gasteiger charge is 2.14. The van der Waals surface area contributed by atoms with Gasteiger partial charge in [0.1, 0.15) is 5.82 Å². The van der Waals surface area contributed by atoms with Gasteiger partial charge in [-0.05, 0) is 24.1 Å². The van der Waals surface area contributed by atoms with E-state index < -0.39 is 6.10 Å². The SMILES string of the molecule is CCC(NCC(O)c1ccc(F)cc1)c1cnn(C)c1. The van der Waals surface area contributed by atoms with E-state index in [-0.39, 0.29) is 11.9 Å². The minimum Gasteiger partial charge on any atom is -0.387 e. The molecule has 2 aromatic rings. The van der Waals surface area contributed by atoms with Crippen molar-refractivity contribution in [3.63, 3.8) is 0 Å². The fraction of sp³-hybridized carbons (Fsp3) is 0.400. The van der Waals surface area contributed by atoms with Crippen molar-refractivity contribution in [1.82, 2.24) is 15.1 Å². The predicted molar refractivity (Wildman–Crippen MR) is 75.6 cm³/mol. The van der Waals surface area contributed by atoms with Crippen molar-refractivity contribution in [3.8, 4) is 0 Å². The van der Waals surface area contributed by atoms with Crippen molar-refractivity contribution in [2.75, 3.05) is 6.54 Å². The Hall–Kier alpha value is -1.72. The van der Waals surface area contributed by atoms with E-state index in [1.165, 1.54) is 12.1 Å². The number of aryl methyl sites for hydroxylation is 1. The van der Waals surface area contributed by atoms with E-state index in [1.54, 1.807) is 16.8 Å². The molecule has 0 aliphatic carbocycles. The second kappa shape index (κ2) is 6.63. The lowest BCUT2D eigenvalue weighted by Crippen LogP contribution is -2.26. The highest BCUT2D eigenvalue weighted by atomic mass is 19.1. The van der Waals surface area contributed by atoms with Gasteiger partial charge in [-0.3, -0.25) is 4.68 Å². The lowest BCUT2D eigenvalue weighted by molar-refractivity contribution is 0.169. The van der Waals surface area contributed by atoms with E-state index in [4.69, 9.17) is 0 Å². The lowest BCUT2D eigenvalue weighted by Gasteiger charge is -2.18. The first-order valence-electron chi connectivity index (χ1n) is 6.75. The summed E-state index contributed by atoms with van der Waals surface area (Å²) in [6.45, 7) is 2.49. The Bertz CT molecular complexity index is 538. The molecule has 5 heteroatoms. The number of nitrogens with one attached hydrogen (secondary N) is 1. The molecule has 4 nitrogen and oxygen atoms in total. The fourth-order valence-corrected chi connectivity index (χ4v) is 2.17. The third-order valence-electron chi connectivity index (χ3n) is 3.35. The van der Waals surface area contributed by atoms with Crippen molar-refractivity contribution in [3.05, 3.63) is 53.6 Å². The molecule has 0 aliphatic rings. The van der Waals surface area contributed by atoms with Gasteiger partial charge in [-0.25, -0.2) is 4.39 Å². The number of halogens is 1. The van der Waals surface area contributed by atoms with E-state index >= 15 is 0 Å². The molecule has 2 atom stereocenters. The fourth-order valence-electron chi connectivity index (χ4n) is 2.17. The molecule has 0 amide bonds. The van der Waals surface area contributed by atoms with Crippen LogP contribution in [0.5, 0.6) is 0 Å². The molecule has 108 valence electrons. The summed E-state index contributed by atoms with van der Waals surface area (Å²) in [7, 11) is 1.88. The molecule has 1 heterocycles. The van der Waals surface area contributed by atoms with Gasteiger partial charge in [-0.2, -0.15) is 5.10 Å². The van der Waals surface area contributed by atoms with Gasteiger partial charge in [0.15, 0.2) is 0 Å². The molecule has 1 aromatic heterocycles. The average Bonchev–Trinajstić information content (AvgIpc) is 2.86. The molecule has 2 unspecified atom stereocenters. The number of aliphatic hydroxyl groups excluding tert-OH is 1. The van der Waals surface area contributed by atoms with Crippen LogP contribution in [0.15, 0.2) is 36.7 Å². The van der Waals surface area contributed by atoms with Gasteiger partial charge in [-0.15, -0.1) is 0 Å². The predicted octanol–water partition coefficient (Wildman–Crippen LogP) is 2.33. The summed E-state index contributed by atoms with van der Waals surface area (Å²) in [4.78, 5) is 0. The van der Waals surface area contributed by atoms with E-state index in [2.05, 4.69) is 17.3 Å². The van der Waals surface area contributed by atoms with Crippen LogP contribution in [0, 0.1) is 5.82 Å². The lowest BCUT2D eigenvalue weighted by atomic mass is 10.1. The number of hydrogen-bond donors (Lipinski definition) is 2. The summed E-state index contributed by atoms with van der Waals surface area (Å²) >= 11 is 0. The first-order valence-corrected chi connectivity index (χ1v) is 6.75. The zero-order chi connectivity index (χ0) is 14.5. The van der Waals surface area contributed by atoms with Gasteiger partial charge in [0.2, 0.25) is 0 Å². The second-order valence-corrected chi connectivity index (χ2v) is 4.88. The molecule has 0 saturated carbocycles. The summed E-state index contributed by atoms with van der Waals surface area (Å²) in [6, 6.07) is 6.08. The third-order valence-corrected chi connectivity index (χ3v) is 3.35. The smallest absolute Gasteiger partial charge is 0.123 e. The molecular weight excluding hydrogens is 257 g/mol. The highest BCUT2D eigenvalue weighted by Crippen LogP contribution is 2.18. The minimum atomic E-state index is -0.652. The van der Waals surface area contributed by atoms with Crippen LogP contribution in [0.25, 0.3) is 0 Å². The molecule has 2 rings (SSSR count). The second-order valence-electron chi connectivity index (χ2n) is 4.88. The first kappa shape index (κ1) is 14.7. The van der Waals surface area contributed by atoms with Crippen molar-refractivity contribution in [1.29, 1.82) is 0 Å². The molecule has 0 radical (unpaired) electrons. The van der Waals surface area contributed by atoms with Crippen LogP contribution in [0.3, 0.4) is 0 Å². The maximum absolute atomic E-state index is 12.8. The van der Waals surface area contributed by atoms with Crippen molar-refractivity contribution in [2.24, 2.45) is 7.05 Å². The summed E-state index contributed by atoms with van der Waals surface area (Å²) in [5.41, 5.74) is 1.81. The van der Waals surface area contributed by atoms with Crippen molar-refractivity contribution >= 4 is 0 Å². The monoisotopic (exact) mass is 277 g/mol. The quantitative estimate of drug-likeness (QED) is 0.852.